The van der Waals surface area contributed by atoms with Crippen molar-refractivity contribution < 1.29 is 12.3 Å². The van der Waals surface area contributed by atoms with E-state index < -0.39 is 33.8 Å². The third-order valence-electron chi connectivity index (χ3n) is 7.47. The van der Waals surface area contributed by atoms with Crippen LogP contribution >= 0.6 is 0 Å². The van der Waals surface area contributed by atoms with Crippen molar-refractivity contribution in [2.75, 3.05) is 0 Å². The number of hydrogen-bond donors (Lipinski definition) is 0. The fourth-order valence-electron chi connectivity index (χ4n) is 4.41. The van der Waals surface area contributed by atoms with Crippen LogP contribution in [0.5, 0.6) is 0 Å². The first-order valence-corrected chi connectivity index (χ1v) is 21.9. The summed E-state index contributed by atoms with van der Waals surface area (Å²) in [5.41, 5.74) is 0. The smallest absolute Gasteiger partial charge is 0.416 e. The van der Waals surface area contributed by atoms with Crippen molar-refractivity contribution in [3.8, 4) is 0 Å². The molecule has 0 rings (SSSR count). The van der Waals surface area contributed by atoms with Crippen molar-refractivity contribution in [2.24, 2.45) is 0 Å². The zero-order valence-electron chi connectivity index (χ0n) is 21.0. The molecule has 0 spiro atoms. The van der Waals surface area contributed by atoms with Gasteiger partial charge in [-0.1, -0.05) is 75.7 Å². The first-order valence-electron chi connectivity index (χ1n) is 12.3. The summed E-state index contributed by atoms with van der Waals surface area (Å²) in [7, 11) is -8.14. The second kappa shape index (κ2) is 13.2. The minimum atomic E-state index is -2.71. The average Bonchev–Trinajstić information content (AvgIpc) is 2.75. The molecule has 7 heteroatoms. The van der Waals surface area contributed by atoms with Crippen LogP contribution in [0.1, 0.15) is 75.7 Å². The van der Waals surface area contributed by atoms with Crippen molar-refractivity contribution in [2.45, 2.75) is 136 Å². The highest BCUT2D eigenvalue weighted by molar-refractivity contribution is 6.92. The van der Waals surface area contributed by atoms with E-state index in [0.717, 1.165) is 12.5 Å². The second-order valence-corrected chi connectivity index (χ2v) is 26.2. The maximum absolute atomic E-state index is 7.34. The Bertz CT molecular complexity index is 329. The summed E-state index contributed by atoms with van der Waals surface area (Å²) in [6.45, 7) is 23.3. The zero-order chi connectivity index (χ0) is 21.9. The summed E-state index contributed by atoms with van der Waals surface area (Å²) in [6.07, 6.45) is 1.09. The van der Waals surface area contributed by atoms with E-state index >= 15 is 0 Å². The molecule has 0 aromatic rings. The molecule has 0 aromatic heterocycles. The van der Waals surface area contributed by atoms with E-state index in [0.29, 0.717) is 0 Å². The van der Waals surface area contributed by atoms with Gasteiger partial charge in [-0.25, -0.2) is 0 Å². The Morgan fingerprint density at radius 3 is 0.750 bits per heavy atom. The van der Waals surface area contributed by atoms with Gasteiger partial charge < -0.3 is 12.3 Å². The van der Waals surface area contributed by atoms with Gasteiger partial charge in [-0.15, -0.1) is 0 Å². The molecule has 0 unspecified atom stereocenters. The van der Waals surface area contributed by atoms with Crippen molar-refractivity contribution in [3.63, 3.8) is 0 Å². The minimum absolute atomic E-state index is 1.01. The van der Waals surface area contributed by atoms with Gasteiger partial charge in [0.15, 0.2) is 25.0 Å². The van der Waals surface area contributed by atoms with Gasteiger partial charge in [0, 0.05) is 6.04 Å². The summed E-state index contributed by atoms with van der Waals surface area (Å²) in [4.78, 5) is 0. The molecular formula is C21H52O3Si4. The molecule has 0 saturated heterocycles. The summed E-state index contributed by atoms with van der Waals surface area (Å²) >= 11 is 0. The van der Waals surface area contributed by atoms with Crippen LogP contribution in [0.25, 0.3) is 0 Å². The highest BCUT2D eigenvalue weighted by atomic mass is 28.5. The topological polar surface area (TPSA) is 27.7 Å². The largest absolute Gasteiger partial charge is 0.469 e. The van der Waals surface area contributed by atoms with Crippen LogP contribution in [0.2, 0.25) is 60.4 Å². The van der Waals surface area contributed by atoms with Crippen molar-refractivity contribution >= 4 is 33.8 Å². The summed E-state index contributed by atoms with van der Waals surface area (Å²) < 4.78 is 22.0. The van der Waals surface area contributed by atoms with Crippen molar-refractivity contribution in [1.82, 2.24) is 0 Å². The fraction of sp³-hybridized carbons (Fsp3) is 1.00. The molecule has 0 aliphatic carbocycles. The minimum Gasteiger partial charge on any atom is -0.416 e. The van der Waals surface area contributed by atoms with Crippen LogP contribution in [0.3, 0.4) is 0 Å². The Labute approximate surface area is 182 Å². The van der Waals surface area contributed by atoms with Gasteiger partial charge in [-0.3, -0.25) is 0 Å². The average molecular weight is 465 g/mol. The lowest BCUT2D eigenvalue weighted by molar-refractivity contribution is 0.238. The van der Waals surface area contributed by atoms with E-state index in [1.165, 1.54) is 54.4 Å². The molecule has 0 fully saturated rings. The summed E-state index contributed by atoms with van der Waals surface area (Å²) in [5, 5.41) is 0. The predicted octanol–water partition coefficient (Wildman–Crippen LogP) is 8.40. The van der Waals surface area contributed by atoms with E-state index in [1.807, 2.05) is 0 Å². The first kappa shape index (κ1) is 28.7. The SMILES string of the molecule is CCC[Si](O[Si](CC)(CC)CC)(O[Si](CC)(CC)CC)O[Si](CC)(CC)CC. The Morgan fingerprint density at radius 1 is 0.393 bits per heavy atom. The molecule has 0 saturated carbocycles. The summed E-state index contributed by atoms with van der Waals surface area (Å²) in [6, 6.07) is 11.5. The van der Waals surface area contributed by atoms with Crippen LogP contribution in [0, 0.1) is 0 Å². The van der Waals surface area contributed by atoms with Crippen LogP contribution < -0.4 is 0 Å². The molecule has 0 aliphatic rings. The first-order chi connectivity index (χ1) is 13.2. The van der Waals surface area contributed by atoms with Gasteiger partial charge >= 0.3 is 8.80 Å². The van der Waals surface area contributed by atoms with Crippen molar-refractivity contribution in [1.29, 1.82) is 0 Å². The number of hydrogen-bond acceptors (Lipinski definition) is 3. The van der Waals surface area contributed by atoms with E-state index in [2.05, 4.69) is 69.2 Å². The molecular weight excluding hydrogens is 413 g/mol. The van der Waals surface area contributed by atoms with E-state index in [-0.39, 0.29) is 0 Å². The van der Waals surface area contributed by atoms with Crippen molar-refractivity contribution in [3.05, 3.63) is 0 Å². The zero-order valence-corrected chi connectivity index (χ0v) is 25.0. The van der Waals surface area contributed by atoms with Gasteiger partial charge in [0.1, 0.15) is 0 Å². The Hall–Kier alpha value is 0.748. The molecule has 0 aromatic carbocycles. The van der Waals surface area contributed by atoms with Crippen LogP contribution in [-0.4, -0.2) is 33.8 Å². The van der Waals surface area contributed by atoms with E-state index in [9.17, 15) is 0 Å². The third-order valence-corrected chi connectivity index (χ3v) is 29.1. The lowest BCUT2D eigenvalue weighted by Gasteiger charge is -2.48. The maximum atomic E-state index is 7.34. The maximum Gasteiger partial charge on any atom is 0.469 e. The molecule has 0 bridgehead atoms. The molecule has 0 atom stereocenters. The molecule has 0 heterocycles. The highest BCUT2D eigenvalue weighted by Crippen LogP contribution is 2.38. The molecule has 28 heavy (non-hydrogen) atoms. The molecule has 0 amide bonds. The Kier molecular flexibility index (Phi) is 13.6. The monoisotopic (exact) mass is 464 g/mol. The molecule has 3 nitrogen and oxygen atoms in total. The lowest BCUT2D eigenvalue weighted by atomic mass is 10.6. The van der Waals surface area contributed by atoms with Gasteiger partial charge in [0.05, 0.1) is 0 Å². The van der Waals surface area contributed by atoms with Crippen LogP contribution in [0.4, 0.5) is 0 Å². The summed E-state index contributed by atoms with van der Waals surface area (Å²) in [5.74, 6) is 0. The molecule has 0 N–H and O–H groups in total. The van der Waals surface area contributed by atoms with Gasteiger partial charge in [0.2, 0.25) is 0 Å². The molecule has 170 valence electrons. The Balaban J connectivity index is 6.39. The van der Waals surface area contributed by atoms with E-state index in [4.69, 9.17) is 12.3 Å². The quantitative estimate of drug-likeness (QED) is 0.202. The normalized spacial score (nSPS) is 13.9. The second-order valence-electron chi connectivity index (χ2n) is 8.47. The standard InChI is InChI=1S/C21H52O3Si4/c1-11-21-28(22-25(12-2,13-3)14-4,23-26(15-5,16-6)17-7)24-27(18-8,19-9)20-10/h11-21H2,1-10H3. The predicted molar refractivity (Wildman–Crippen MR) is 136 cm³/mol. The van der Waals surface area contributed by atoms with Gasteiger partial charge in [-0.05, 0) is 54.4 Å². The Morgan fingerprint density at radius 2 is 0.607 bits per heavy atom. The molecule has 0 aliphatic heterocycles. The van der Waals surface area contributed by atoms with E-state index in [1.54, 1.807) is 0 Å². The third kappa shape index (κ3) is 7.16. The highest BCUT2D eigenvalue weighted by Gasteiger charge is 2.54. The fourth-order valence-corrected chi connectivity index (χ4v) is 25.5. The van der Waals surface area contributed by atoms with Crippen LogP contribution in [0.15, 0.2) is 0 Å². The van der Waals surface area contributed by atoms with Gasteiger partial charge in [-0.2, -0.15) is 0 Å². The van der Waals surface area contributed by atoms with Crippen LogP contribution in [-0.2, 0) is 12.3 Å². The van der Waals surface area contributed by atoms with Gasteiger partial charge in [0.25, 0.3) is 0 Å². The molecule has 0 radical (unpaired) electrons. The number of rotatable bonds is 17. The lowest BCUT2D eigenvalue weighted by Crippen LogP contribution is -2.64.